The molecule has 0 heterocycles. The molecule has 28 valence electrons. The molecular formula is H2Cl2Mo2. The molecule has 0 nitrogen and oxygen atoms in total. The fourth-order valence-corrected chi connectivity index (χ4v) is 0. The van der Waals surface area contributed by atoms with E-state index in [4.69, 9.17) is 0 Å². The predicted molar refractivity (Wildman–Crippen MR) is 14.5 cm³/mol. The van der Waals surface area contributed by atoms with Crippen molar-refractivity contribution in [2.24, 2.45) is 0 Å². The van der Waals surface area contributed by atoms with E-state index >= 15 is 0 Å². The molecule has 0 unspecified atom stereocenters. The van der Waals surface area contributed by atoms with E-state index < -0.39 is 0 Å². The van der Waals surface area contributed by atoms with E-state index in [1.165, 1.54) is 0 Å². The third-order valence-corrected chi connectivity index (χ3v) is 0. The van der Waals surface area contributed by atoms with Crippen LogP contribution < -0.4 is 0 Å². The van der Waals surface area contributed by atoms with Gasteiger partial charge in [-0.2, -0.15) is 0 Å². The summed E-state index contributed by atoms with van der Waals surface area (Å²) in [7, 11) is 0. The largest absolute Gasteiger partial charge is 0.147 e. The number of halogens is 2. The summed E-state index contributed by atoms with van der Waals surface area (Å²) < 4.78 is 0. The van der Waals surface area contributed by atoms with E-state index in [0.717, 1.165) is 0 Å². The fraction of sp³-hybridized carbons (Fsp3) is 0. The van der Waals surface area contributed by atoms with Crippen molar-refractivity contribution in [3.63, 3.8) is 0 Å². The monoisotopic (exact) mass is 268 g/mol. The molecule has 0 rings (SSSR count). The topological polar surface area (TPSA) is 0 Å². The van der Waals surface area contributed by atoms with Crippen molar-refractivity contribution in [3.05, 3.63) is 0 Å². The van der Waals surface area contributed by atoms with E-state index in [9.17, 15) is 0 Å². The van der Waals surface area contributed by atoms with Crippen LogP contribution in [0.1, 0.15) is 0 Å². The van der Waals surface area contributed by atoms with Gasteiger partial charge in [-0.25, -0.2) is 0 Å². The minimum Gasteiger partial charge on any atom is -0.147 e. The molecule has 0 radical (unpaired) electrons. The molecule has 0 aliphatic rings. The van der Waals surface area contributed by atoms with Crippen molar-refractivity contribution in [1.82, 2.24) is 0 Å². The fourth-order valence-electron chi connectivity index (χ4n) is 0. The van der Waals surface area contributed by atoms with Crippen molar-refractivity contribution in [2.45, 2.75) is 0 Å². The summed E-state index contributed by atoms with van der Waals surface area (Å²) in [6, 6.07) is 0. The molecule has 0 bridgehead atoms. The van der Waals surface area contributed by atoms with Crippen LogP contribution in [0.5, 0.6) is 0 Å². The van der Waals surface area contributed by atoms with Crippen LogP contribution in [0.4, 0.5) is 0 Å². The maximum Gasteiger partial charge on any atom is 0 e. The van der Waals surface area contributed by atoms with Crippen molar-refractivity contribution >= 4 is 24.8 Å². The molecule has 0 aliphatic heterocycles. The predicted octanol–water partition coefficient (Wildman–Crippen LogP) is 0.839. The molecule has 0 saturated carbocycles. The quantitative estimate of drug-likeness (QED) is 0.569. The molecule has 4 heavy (non-hydrogen) atoms. The van der Waals surface area contributed by atoms with E-state index in [-0.39, 0.29) is 66.9 Å². The number of rotatable bonds is 0. The van der Waals surface area contributed by atoms with Crippen LogP contribution in [-0.2, 0) is 42.1 Å². The maximum atomic E-state index is 0. The van der Waals surface area contributed by atoms with Gasteiger partial charge in [0.05, 0.1) is 0 Å². The Hall–Kier alpha value is 1.96. The van der Waals surface area contributed by atoms with Gasteiger partial charge in [0.25, 0.3) is 0 Å². The van der Waals surface area contributed by atoms with Crippen LogP contribution in [0, 0.1) is 0 Å². The zero-order valence-corrected chi connectivity index (χ0v) is 7.28. The van der Waals surface area contributed by atoms with Crippen molar-refractivity contribution in [1.29, 1.82) is 0 Å². The van der Waals surface area contributed by atoms with Crippen molar-refractivity contribution in [2.75, 3.05) is 0 Å². The molecule has 0 aromatic heterocycles. The molecule has 0 amide bonds. The summed E-state index contributed by atoms with van der Waals surface area (Å²) in [6.45, 7) is 0. The Bertz CT molecular complexity index is 4.00. The zero-order valence-electron chi connectivity index (χ0n) is 1.63. The second kappa shape index (κ2) is 20.3. The second-order valence-corrected chi connectivity index (χ2v) is 0. The van der Waals surface area contributed by atoms with Gasteiger partial charge < -0.3 is 0 Å². The smallest absolute Gasteiger partial charge is 0 e. The first-order valence-electron chi connectivity index (χ1n) is 0. The Morgan fingerprint density at radius 1 is 0.500 bits per heavy atom. The molecule has 0 aromatic rings. The molecular weight excluding hydrogens is 263 g/mol. The summed E-state index contributed by atoms with van der Waals surface area (Å²) in [5, 5.41) is 0. The Balaban J connectivity index is 0. The van der Waals surface area contributed by atoms with Gasteiger partial charge in [0.1, 0.15) is 0 Å². The van der Waals surface area contributed by atoms with Crippen LogP contribution in [-0.4, -0.2) is 0 Å². The summed E-state index contributed by atoms with van der Waals surface area (Å²) in [4.78, 5) is 0. The minimum atomic E-state index is 0. The first-order chi connectivity index (χ1) is 0. The molecule has 0 fully saturated rings. The minimum absolute atomic E-state index is 0. The maximum absolute atomic E-state index is 0. The van der Waals surface area contributed by atoms with E-state index in [0.29, 0.717) is 0 Å². The summed E-state index contributed by atoms with van der Waals surface area (Å²) >= 11 is 0. The third kappa shape index (κ3) is 9.03. The third-order valence-electron chi connectivity index (χ3n) is 0. The van der Waals surface area contributed by atoms with E-state index in [1.807, 2.05) is 0 Å². The molecule has 0 aromatic carbocycles. The van der Waals surface area contributed by atoms with Gasteiger partial charge in [-0.1, -0.05) is 0 Å². The van der Waals surface area contributed by atoms with Crippen LogP contribution in [0.25, 0.3) is 0 Å². The number of hydrogen-bond acceptors (Lipinski definition) is 0. The van der Waals surface area contributed by atoms with Crippen LogP contribution in [0.2, 0.25) is 0 Å². The van der Waals surface area contributed by atoms with E-state index in [1.54, 1.807) is 0 Å². The van der Waals surface area contributed by atoms with Crippen molar-refractivity contribution in [3.8, 4) is 0 Å². The molecule has 0 N–H and O–H groups in total. The Kier molecular flexibility index (Phi) is 194. The average molecular weight is 265 g/mol. The first-order valence-corrected chi connectivity index (χ1v) is 0. The summed E-state index contributed by atoms with van der Waals surface area (Å²) in [6.07, 6.45) is 0. The summed E-state index contributed by atoms with van der Waals surface area (Å²) in [5.41, 5.74) is 0. The van der Waals surface area contributed by atoms with Gasteiger partial charge in [-0.05, 0) is 0 Å². The summed E-state index contributed by atoms with van der Waals surface area (Å²) in [5.74, 6) is 0. The van der Waals surface area contributed by atoms with Gasteiger partial charge in [-0.3, -0.25) is 0 Å². The normalized spacial score (nSPS) is 0. The first kappa shape index (κ1) is 38.2. The van der Waals surface area contributed by atoms with Crippen LogP contribution >= 0.6 is 24.8 Å². The Morgan fingerprint density at radius 2 is 0.500 bits per heavy atom. The van der Waals surface area contributed by atoms with Gasteiger partial charge in [0, 0.05) is 42.1 Å². The Labute approximate surface area is 66.5 Å². The molecule has 4 heteroatoms. The van der Waals surface area contributed by atoms with Gasteiger partial charge in [0.15, 0.2) is 0 Å². The van der Waals surface area contributed by atoms with Crippen LogP contribution in [0.3, 0.4) is 0 Å². The zero-order chi connectivity index (χ0) is 0. The number of hydrogen-bond donors (Lipinski definition) is 0. The molecule has 0 saturated heterocycles. The molecule has 0 aliphatic carbocycles. The SMILES string of the molecule is Cl.Cl.[Mo].[Mo]. The van der Waals surface area contributed by atoms with Crippen molar-refractivity contribution < 1.29 is 42.1 Å². The van der Waals surface area contributed by atoms with Gasteiger partial charge in [-0.15, -0.1) is 24.8 Å². The second-order valence-electron chi connectivity index (χ2n) is 0. The van der Waals surface area contributed by atoms with E-state index in [2.05, 4.69) is 0 Å². The molecule has 0 atom stereocenters. The average Bonchev–Trinajstić information content (AvgIpc) is 0. The van der Waals surface area contributed by atoms with Crippen LogP contribution in [0.15, 0.2) is 0 Å². The standard InChI is InChI=1S/2ClH.2Mo/h2*1H;;. The molecule has 0 spiro atoms. The van der Waals surface area contributed by atoms with Gasteiger partial charge in [0.2, 0.25) is 0 Å². The Morgan fingerprint density at radius 3 is 0.500 bits per heavy atom. The van der Waals surface area contributed by atoms with Gasteiger partial charge >= 0.3 is 0 Å².